The van der Waals surface area contributed by atoms with Crippen LogP contribution in [0.3, 0.4) is 0 Å². The summed E-state index contributed by atoms with van der Waals surface area (Å²) in [5.74, 6) is -0.604. The Morgan fingerprint density at radius 2 is 2.38 bits per heavy atom. The lowest BCUT2D eigenvalue weighted by atomic mass is 10.1. The summed E-state index contributed by atoms with van der Waals surface area (Å²) in [6.07, 6.45) is 2.11. The smallest absolute Gasteiger partial charge is 0.303 e. The van der Waals surface area contributed by atoms with E-state index in [4.69, 9.17) is 10.8 Å². The summed E-state index contributed by atoms with van der Waals surface area (Å²) in [5, 5.41) is 8.45. The molecule has 0 aliphatic carbocycles. The highest BCUT2D eigenvalue weighted by atomic mass is 16.4. The number of nitrogen functional groups attached to an aromatic ring is 1. The first-order valence-corrected chi connectivity index (χ1v) is 3.89. The molecule has 1 heterocycles. The Hall–Kier alpha value is -1.65. The van der Waals surface area contributed by atoms with Crippen molar-refractivity contribution >= 4 is 11.9 Å². The maximum absolute atomic E-state index is 10.3. The van der Waals surface area contributed by atoms with Crippen molar-refractivity contribution in [1.29, 1.82) is 0 Å². The minimum absolute atomic E-state index is 0.0914. The number of carboxylic acids is 1. The van der Waals surface area contributed by atoms with Crippen LogP contribution in [0.15, 0.2) is 6.20 Å². The highest BCUT2D eigenvalue weighted by Crippen LogP contribution is 2.07. The van der Waals surface area contributed by atoms with Gasteiger partial charge in [-0.3, -0.25) is 4.79 Å². The second-order valence-electron chi connectivity index (χ2n) is 2.73. The summed E-state index contributed by atoms with van der Waals surface area (Å²) in [4.78, 5) is 18.0. The first-order chi connectivity index (χ1) is 6.09. The molecule has 0 spiro atoms. The van der Waals surface area contributed by atoms with E-state index in [1.54, 1.807) is 13.1 Å². The number of hydrogen-bond acceptors (Lipinski definition) is 4. The van der Waals surface area contributed by atoms with Gasteiger partial charge in [0.2, 0.25) is 5.95 Å². The predicted molar refractivity (Wildman–Crippen MR) is 47.1 cm³/mol. The second kappa shape index (κ2) is 3.84. The molecular weight excluding hydrogens is 170 g/mol. The zero-order chi connectivity index (χ0) is 9.84. The molecule has 0 atom stereocenters. The zero-order valence-electron chi connectivity index (χ0n) is 7.32. The molecule has 1 aromatic rings. The van der Waals surface area contributed by atoms with Crippen molar-refractivity contribution in [2.24, 2.45) is 0 Å². The molecule has 0 amide bonds. The van der Waals surface area contributed by atoms with Gasteiger partial charge in [0, 0.05) is 18.3 Å². The van der Waals surface area contributed by atoms with Crippen LogP contribution >= 0.6 is 0 Å². The molecule has 5 heteroatoms. The van der Waals surface area contributed by atoms with Gasteiger partial charge >= 0.3 is 5.97 Å². The van der Waals surface area contributed by atoms with Gasteiger partial charge in [0.05, 0.1) is 0 Å². The van der Waals surface area contributed by atoms with Gasteiger partial charge < -0.3 is 10.8 Å². The maximum atomic E-state index is 10.3. The third kappa shape index (κ3) is 2.70. The number of nitrogens with two attached hydrogens (primary N) is 1. The minimum Gasteiger partial charge on any atom is -0.481 e. The number of carbonyl (C=O) groups is 1. The summed E-state index contributed by atoms with van der Waals surface area (Å²) in [7, 11) is 0. The van der Waals surface area contributed by atoms with Gasteiger partial charge in [0.1, 0.15) is 0 Å². The molecule has 5 nitrogen and oxygen atoms in total. The molecule has 0 saturated heterocycles. The van der Waals surface area contributed by atoms with Crippen LogP contribution in [0.2, 0.25) is 0 Å². The fourth-order valence-corrected chi connectivity index (χ4v) is 0.997. The van der Waals surface area contributed by atoms with Gasteiger partial charge in [0.15, 0.2) is 0 Å². The van der Waals surface area contributed by atoms with Crippen molar-refractivity contribution in [1.82, 2.24) is 9.97 Å². The first-order valence-electron chi connectivity index (χ1n) is 3.89. The van der Waals surface area contributed by atoms with Crippen molar-refractivity contribution in [2.45, 2.75) is 19.8 Å². The summed E-state index contributed by atoms with van der Waals surface area (Å²) in [6, 6.07) is 0. The Morgan fingerprint density at radius 1 is 1.69 bits per heavy atom. The van der Waals surface area contributed by atoms with Crippen LogP contribution in [0.25, 0.3) is 0 Å². The average molecular weight is 181 g/mol. The Kier molecular flexibility index (Phi) is 2.79. The van der Waals surface area contributed by atoms with Crippen molar-refractivity contribution in [3.63, 3.8) is 0 Å². The van der Waals surface area contributed by atoms with E-state index in [2.05, 4.69) is 9.97 Å². The number of aliphatic carboxylic acids is 1. The van der Waals surface area contributed by atoms with Crippen LogP contribution in [0.4, 0.5) is 5.95 Å². The number of aromatic nitrogens is 2. The molecule has 1 rings (SSSR count). The molecule has 0 fully saturated rings. The van der Waals surface area contributed by atoms with Gasteiger partial charge in [-0.1, -0.05) is 0 Å². The van der Waals surface area contributed by atoms with E-state index in [1.165, 1.54) is 0 Å². The van der Waals surface area contributed by atoms with Crippen LogP contribution in [-0.2, 0) is 11.2 Å². The molecule has 13 heavy (non-hydrogen) atoms. The topological polar surface area (TPSA) is 89.1 Å². The van der Waals surface area contributed by atoms with E-state index in [9.17, 15) is 4.79 Å². The minimum atomic E-state index is -0.823. The quantitative estimate of drug-likeness (QED) is 0.703. The lowest BCUT2D eigenvalue weighted by Crippen LogP contribution is -2.03. The fourth-order valence-electron chi connectivity index (χ4n) is 0.997. The monoisotopic (exact) mass is 181 g/mol. The largest absolute Gasteiger partial charge is 0.481 e. The fraction of sp³-hybridized carbons (Fsp3) is 0.375. The molecule has 0 aliphatic rings. The number of rotatable bonds is 3. The predicted octanol–water partition coefficient (Wildman–Crippen LogP) is 0.384. The van der Waals surface area contributed by atoms with Crippen LogP contribution in [0.5, 0.6) is 0 Å². The number of aryl methyl sites for hydroxylation is 2. The molecule has 0 aromatic carbocycles. The van der Waals surface area contributed by atoms with Crippen molar-refractivity contribution < 1.29 is 9.90 Å². The molecule has 3 N–H and O–H groups in total. The van der Waals surface area contributed by atoms with Crippen LogP contribution < -0.4 is 5.73 Å². The first kappa shape index (κ1) is 9.44. The molecule has 0 radical (unpaired) electrons. The Morgan fingerprint density at radius 3 is 2.92 bits per heavy atom. The molecule has 1 aromatic heterocycles. The summed E-state index contributed by atoms with van der Waals surface area (Å²) in [5.41, 5.74) is 6.92. The van der Waals surface area contributed by atoms with E-state index < -0.39 is 5.97 Å². The zero-order valence-corrected chi connectivity index (χ0v) is 7.32. The molecule has 0 unspecified atom stereocenters. The Balaban J connectivity index is 2.72. The number of anilines is 1. The molecular formula is C8H11N3O2. The van der Waals surface area contributed by atoms with Crippen molar-refractivity contribution in [3.8, 4) is 0 Å². The third-order valence-electron chi connectivity index (χ3n) is 1.71. The SMILES string of the molecule is Cc1nc(N)ncc1CCC(=O)O. The summed E-state index contributed by atoms with van der Waals surface area (Å²) in [6.45, 7) is 1.79. The molecule has 0 bridgehead atoms. The molecule has 70 valence electrons. The third-order valence-corrected chi connectivity index (χ3v) is 1.71. The molecule has 0 saturated carbocycles. The van der Waals surface area contributed by atoms with Gasteiger partial charge in [0.25, 0.3) is 0 Å². The van der Waals surface area contributed by atoms with E-state index in [1.807, 2.05) is 0 Å². The van der Waals surface area contributed by atoms with Crippen LogP contribution in [0, 0.1) is 6.92 Å². The summed E-state index contributed by atoms with van der Waals surface area (Å²) >= 11 is 0. The van der Waals surface area contributed by atoms with E-state index in [0.717, 1.165) is 11.3 Å². The number of carboxylic acid groups (broad SMARTS) is 1. The Bertz CT molecular complexity index is 325. The van der Waals surface area contributed by atoms with E-state index in [-0.39, 0.29) is 12.4 Å². The summed E-state index contributed by atoms with van der Waals surface area (Å²) < 4.78 is 0. The second-order valence-corrected chi connectivity index (χ2v) is 2.73. The normalized spacial score (nSPS) is 9.92. The van der Waals surface area contributed by atoms with Crippen LogP contribution in [0.1, 0.15) is 17.7 Å². The van der Waals surface area contributed by atoms with Crippen molar-refractivity contribution in [2.75, 3.05) is 5.73 Å². The maximum Gasteiger partial charge on any atom is 0.303 e. The lowest BCUT2D eigenvalue weighted by Gasteiger charge is -2.02. The van der Waals surface area contributed by atoms with E-state index >= 15 is 0 Å². The number of hydrogen-bond donors (Lipinski definition) is 2. The highest BCUT2D eigenvalue weighted by Gasteiger charge is 2.03. The molecule has 0 aliphatic heterocycles. The number of nitrogens with zero attached hydrogens (tertiary/aromatic N) is 2. The standard InChI is InChI=1S/C8H11N3O2/c1-5-6(2-3-7(12)13)4-10-8(9)11-5/h4H,2-3H2,1H3,(H,12,13)(H2,9,10,11). The average Bonchev–Trinajstić information content (AvgIpc) is 2.02. The van der Waals surface area contributed by atoms with Gasteiger partial charge in [-0.25, -0.2) is 9.97 Å². The van der Waals surface area contributed by atoms with Gasteiger partial charge in [-0.2, -0.15) is 0 Å². The van der Waals surface area contributed by atoms with E-state index in [0.29, 0.717) is 6.42 Å². The van der Waals surface area contributed by atoms with Gasteiger partial charge in [-0.15, -0.1) is 0 Å². The van der Waals surface area contributed by atoms with Gasteiger partial charge in [-0.05, 0) is 18.9 Å². The van der Waals surface area contributed by atoms with Crippen LogP contribution in [-0.4, -0.2) is 21.0 Å². The lowest BCUT2D eigenvalue weighted by molar-refractivity contribution is -0.136. The highest BCUT2D eigenvalue weighted by molar-refractivity contribution is 5.67. The Labute approximate surface area is 75.6 Å². The van der Waals surface area contributed by atoms with Crippen molar-refractivity contribution in [3.05, 3.63) is 17.5 Å².